The van der Waals surface area contributed by atoms with Crippen LogP contribution in [0.1, 0.15) is 0 Å². The molecule has 1 N–H and O–H groups in total. The second-order valence-corrected chi connectivity index (χ2v) is 5.70. The molecule has 0 atom stereocenters. The number of halogens is 1. The summed E-state index contributed by atoms with van der Waals surface area (Å²) in [5, 5.41) is 8.07. The van der Waals surface area contributed by atoms with E-state index in [0.29, 0.717) is 27.6 Å². The van der Waals surface area contributed by atoms with Gasteiger partial charge >= 0.3 is 5.63 Å². The van der Waals surface area contributed by atoms with Crippen molar-refractivity contribution in [3.8, 4) is 0 Å². The van der Waals surface area contributed by atoms with Gasteiger partial charge in [-0.15, -0.1) is 0 Å². The van der Waals surface area contributed by atoms with E-state index >= 15 is 0 Å². The van der Waals surface area contributed by atoms with Gasteiger partial charge in [0.25, 0.3) is 0 Å². The van der Waals surface area contributed by atoms with Crippen molar-refractivity contribution in [3.05, 3.63) is 64.4 Å². The van der Waals surface area contributed by atoms with E-state index in [1.807, 2.05) is 12.1 Å². The SMILES string of the molecule is O=C(Cn1ncc2c(=O)oc3ccccc3c21)Nc1cccnc1Cl. The summed E-state index contributed by atoms with van der Waals surface area (Å²) in [6.45, 7) is -0.0812. The van der Waals surface area contributed by atoms with Gasteiger partial charge in [0, 0.05) is 11.6 Å². The molecule has 0 spiro atoms. The number of rotatable bonds is 3. The van der Waals surface area contributed by atoms with E-state index in [1.54, 1.807) is 24.3 Å². The van der Waals surface area contributed by atoms with E-state index in [-0.39, 0.29) is 17.6 Å². The van der Waals surface area contributed by atoms with E-state index in [0.717, 1.165) is 0 Å². The smallest absolute Gasteiger partial charge is 0.347 e. The number of carbonyl (C=O) groups excluding carboxylic acids is 1. The first-order valence-electron chi connectivity index (χ1n) is 7.41. The van der Waals surface area contributed by atoms with Gasteiger partial charge in [0.2, 0.25) is 5.91 Å². The molecule has 7 nitrogen and oxygen atoms in total. The van der Waals surface area contributed by atoms with Crippen molar-refractivity contribution in [2.75, 3.05) is 5.32 Å². The number of nitrogens with zero attached hydrogens (tertiary/aromatic N) is 3. The summed E-state index contributed by atoms with van der Waals surface area (Å²) in [4.78, 5) is 28.3. The van der Waals surface area contributed by atoms with Gasteiger partial charge in [-0.25, -0.2) is 9.78 Å². The number of para-hydroxylation sites is 1. The van der Waals surface area contributed by atoms with Gasteiger partial charge in [-0.2, -0.15) is 5.10 Å². The third-order valence-electron chi connectivity index (χ3n) is 3.73. The number of benzene rings is 1. The molecule has 0 unspecified atom stereocenters. The van der Waals surface area contributed by atoms with Crippen LogP contribution in [0.15, 0.2) is 58.0 Å². The van der Waals surface area contributed by atoms with Crippen molar-refractivity contribution >= 4 is 45.1 Å². The minimum absolute atomic E-state index is 0.0812. The minimum Gasteiger partial charge on any atom is -0.422 e. The fourth-order valence-corrected chi connectivity index (χ4v) is 2.82. The Morgan fingerprint density at radius 1 is 1.20 bits per heavy atom. The number of fused-ring (bicyclic) bond motifs is 3. The molecule has 3 aromatic heterocycles. The standard InChI is InChI=1S/C17H11ClN4O3/c18-16-12(5-3-7-19-16)21-14(23)9-22-15-10-4-1-2-6-13(10)25-17(24)11(15)8-20-22/h1-8H,9H2,(H,21,23). The van der Waals surface area contributed by atoms with E-state index < -0.39 is 5.63 Å². The van der Waals surface area contributed by atoms with Crippen LogP contribution in [-0.4, -0.2) is 20.7 Å². The van der Waals surface area contributed by atoms with Gasteiger partial charge in [0.05, 0.1) is 17.4 Å². The van der Waals surface area contributed by atoms with Crippen LogP contribution in [0.2, 0.25) is 5.15 Å². The number of anilines is 1. The molecular formula is C17H11ClN4O3. The number of hydrogen-bond donors (Lipinski definition) is 1. The van der Waals surface area contributed by atoms with E-state index in [9.17, 15) is 9.59 Å². The molecule has 0 fully saturated rings. The second-order valence-electron chi connectivity index (χ2n) is 5.34. The monoisotopic (exact) mass is 354 g/mol. The Morgan fingerprint density at radius 3 is 2.88 bits per heavy atom. The molecule has 25 heavy (non-hydrogen) atoms. The van der Waals surface area contributed by atoms with Crippen molar-refractivity contribution in [3.63, 3.8) is 0 Å². The second kappa shape index (κ2) is 6.03. The highest BCUT2D eigenvalue weighted by Gasteiger charge is 2.15. The molecule has 4 rings (SSSR count). The zero-order chi connectivity index (χ0) is 17.4. The topological polar surface area (TPSA) is 90.0 Å². The molecule has 0 bridgehead atoms. The lowest BCUT2D eigenvalue weighted by molar-refractivity contribution is -0.116. The number of carbonyl (C=O) groups is 1. The minimum atomic E-state index is -0.490. The molecule has 124 valence electrons. The number of pyridine rings is 1. The van der Waals surface area contributed by atoms with Crippen LogP contribution in [0.3, 0.4) is 0 Å². The molecule has 0 aliphatic rings. The first-order valence-corrected chi connectivity index (χ1v) is 7.79. The molecule has 0 radical (unpaired) electrons. The zero-order valence-electron chi connectivity index (χ0n) is 12.8. The zero-order valence-corrected chi connectivity index (χ0v) is 13.5. The molecule has 0 saturated heterocycles. The normalized spacial score (nSPS) is 11.1. The van der Waals surface area contributed by atoms with Gasteiger partial charge in [-0.05, 0) is 24.3 Å². The predicted octanol–water partition coefficient (Wildman–Crippen LogP) is 2.83. The van der Waals surface area contributed by atoms with E-state index in [4.69, 9.17) is 16.0 Å². The molecule has 4 aromatic rings. The summed E-state index contributed by atoms with van der Waals surface area (Å²) in [5.41, 5.74) is 0.919. The third-order valence-corrected chi connectivity index (χ3v) is 4.03. The van der Waals surface area contributed by atoms with Gasteiger partial charge in [-0.3, -0.25) is 9.48 Å². The van der Waals surface area contributed by atoms with Crippen LogP contribution in [0.25, 0.3) is 21.9 Å². The summed E-state index contributed by atoms with van der Waals surface area (Å²) < 4.78 is 6.74. The van der Waals surface area contributed by atoms with Crippen molar-refractivity contribution < 1.29 is 9.21 Å². The maximum Gasteiger partial charge on any atom is 0.347 e. The number of nitrogens with one attached hydrogen (secondary N) is 1. The average Bonchev–Trinajstić information content (AvgIpc) is 3.02. The van der Waals surface area contributed by atoms with Crippen LogP contribution in [-0.2, 0) is 11.3 Å². The highest BCUT2D eigenvalue weighted by Crippen LogP contribution is 2.22. The van der Waals surface area contributed by atoms with Crippen molar-refractivity contribution in [1.29, 1.82) is 0 Å². The van der Waals surface area contributed by atoms with E-state index in [2.05, 4.69) is 15.4 Å². The lowest BCUT2D eigenvalue weighted by Crippen LogP contribution is -2.20. The van der Waals surface area contributed by atoms with Gasteiger partial charge < -0.3 is 9.73 Å². The summed E-state index contributed by atoms with van der Waals surface area (Å²) in [6, 6.07) is 10.4. The summed E-state index contributed by atoms with van der Waals surface area (Å²) in [6.07, 6.45) is 2.93. The first kappa shape index (κ1) is 15.3. The summed E-state index contributed by atoms with van der Waals surface area (Å²) in [7, 11) is 0. The maximum atomic E-state index is 12.3. The Bertz CT molecular complexity index is 1170. The maximum absolute atomic E-state index is 12.3. The fraction of sp³-hybridized carbons (Fsp3) is 0.0588. The van der Waals surface area contributed by atoms with Crippen LogP contribution in [0.4, 0.5) is 5.69 Å². The molecule has 0 aliphatic heterocycles. The van der Waals surface area contributed by atoms with Crippen LogP contribution in [0, 0.1) is 0 Å². The van der Waals surface area contributed by atoms with Crippen LogP contribution >= 0.6 is 11.6 Å². The number of hydrogen-bond acceptors (Lipinski definition) is 5. The number of amides is 1. The lowest BCUT2D eigenvalue weighted by Gasteiger charge is -2.08. The average molecular weight is 355 g/mol. The van der Waals surface area contributed by atoms with Crippen LogP contribution in [0.5, 0.6) is 0 Å². The van der Waals surface area contributed by atoms with E-state index in [1.165, 1.54) is 17.1 Å². The molecule has 1 amide bonds. The Kier molecular flexibility index (Phi) is 3.70. The fourth-order valence-electron chi connectivity index (χ4n) is 2.65. The van der Waals surface area contributed by atoms with Crippen molar-refractivity contribution in [2.45, 2.75) is 6.54 Å². The largest absolute Gasteiger partial charge is 0.422 e. The third kappa shape index (κ3) is 2.74. The lowest BCUT2D eigenvalue weighted by atomic mass is 10.2. The molecule has 0 aliphatic carbocycles. The van der Waals surface area contributed by atoms with Crippen LogP contribution < -0.4 is 10.9 Å². The van der Waals surface area contributed by atoms with Gasteiger partial charge in [-0.1, -0.05) is 23.7 Å². The Hall–Kier alpha value is -3.19. The van der Waals surface area contributed by atoms with Gasteiger partial charge in [0.15, 0.2) is 5.15 Å². The summed E-state index contributed by atoms with van der Waals surface area (Å²) in [5.74, 6) is -0.336. The molecule has 8 heteroatoms. The predicted molar refractivity (Wildman–Crippen MR) is 93.7 cm³/mol. The Morgan fingerprint density at radius 2 is 2.04 bits per heavy atom. The molecular weight excluding hydrogens is 344 g/mol. The highest BCUT2D eigenvalue weighted by atomic mass is 35.5. The molecule has 1 aromatic carbocycles. The first-order chi connectivity index (χ1) is 12.1. The molecule has 3 heterocycles. The number of aromatic nitrogens is 3. The quantitative estimate of drug-likeness (QED) is 0.451. The Balaban J connectivity index is 1.74. The summed E-state index contributed by atoms with van der Waals surface area (Å²) >= 11 is 5.94. The van der Waals surface area contributed by atoms with Crippen molar-refractivity contribution in [1.82, 2.24) is 14.8 Å². The van der Waals surface area contributed by atoms with Gasteiger partial charge in [0.1, 0.15) is 17.5 Å². The Labute approximate surface area is 145 Å². The van der Waals surface area contributed by atoms with Crippen molar-refractivity contribution in [2.24, 2.45) is 0 Å². The molecule has 0 saturated carbocycles. The highest BCUT2D eigenvalue weighted by molar-refractivity contribution is 6.32.